The summed E-state index contributed by atoms with van der Waals surface area (Å²) in [6.45, 7) is 2.29. The number of ether oxygens (including phenoxy) is 1. The quantitative estimate of drug-likeness (QED) is 0.490. The second kappa shape index (κ2) is 9.30. The number of thioether (sulfide) groups is 1. The summed E-state index contributed by atoms with van der Waals surface area (Å²) >= 11 is 7.94. The first kappa shape index (κ1) is 24.4. The minimum atomic E-state index is -0.976. The van der Waals surface area contributed by atoms with Gasteiger partial charge in [-0.25, -0.2) is 0 Å². The van der Waals surface area contributed by atoms with Crippen LogP contribution in [0.5, 0.6) is 0 Å². The fraction of sp³-hybridized carbons (Fsp3) is 0.500. The molecule has 0 aromatic heterocycles. The van der Waals surface area contributed by atoms with Gasteiger partial charge in [0, 0.05) is 17.8 Å². The maximum absolute atomic E-state index is 14.2. The van der Waals surface area contributed by atoms with Crippen LogP contribution >= 0.6 is 23.4 Å². The van der Waals surface area contributed by atoms with E-state index in [0.717, 1.165) is 19.3 Å². The number of amides is 2. The van der Waals surface area contributed by atoms with Crippen molar-refractivity contribution in [2.45, 2.75) is 41.7 Å². The zero-order valence-corrected chi connectivity index (χ0v) is 21.1. The number of carbonyl (C=O) groups excluding carboxylic acids is 3. The normalized spacial score (nSPS) is 35.7. The van der Waals surface area contributed by atoms with Crippen LogP contribution in [0.1, 0.15) is 26.2 Å². The van der Waals surface area contributed by atoms with Crippen molar-refractivity contribution in [3.63, 3.8) is 0 Å². The van der Waals surface area contributed by atoms with Crippen molar-refractivity contribution in [1.29, 1.82) is 0 Å². The third kappa shape index (κ3) is 3.81. The zero-order chi connectivity index (χ0) is 24.8. The average Bonchev–Trinajstić information content (AvgIpc) is 3.15. The molecule has 9 heteroatoms. The molecule has 2 fully saturated rings. The van der Waals surface area contributed by atoms with Gasteiger partial charge in [0.15, 0.2) is 0 Å². The highest BCUT2D eigenvalue weighted by Crippen LogP contribution is 2.65. The molecule has 0 bridgehead atoms. The highest BCUT2D eigenvalue weighted by atomic mass is 35.5. The van der Waals surface area contributed by atoms with Crippen LogP contribution in [0.2, 0.25) is 5.02 Å². The lowest BCUT2D eigenvalue weighted by Gasteiger charge is -2.36. The highest BCUT2D eigenvalue weighted by molar-refractivity contribution is 8.02. The Morgan fingerprint density at radius 3 is 2.69 bits per heavy atom. The van der Waals surface area contributed by atoms with Gasteiger partial charge in [-0.15, -0.1) is 11.8 Å². The van der Waals surface area contributed by atoms with E-state index in [1.54, 1.807) is 23.1 Å². The number of cyclic esters (lactones) is 1. The van der Waals surface area contributed by atoms with Gasteiger partial charge in [-0.3, -0.25) is 14.4 Å². The Morgan fingerprint density at radius 1 is 1.11 bits per heavy atom. The number of aliphatic hydroxyl groups excluding tert-OH is 1. The van der Waals surface area contributed by atoms with Crippen LogP contribution in [0.4, 0.5) is 5.69 Å². The summed E-state index contributed by atoms with van der Waals surface area (Å²) in [6, 6.07) is 6.23. The Morgan fingerprint density at radius 2 is 1.91 bits per heavy atom. The maximum Gasteiger partial charge on any atom is 0.311 e. The van der Waals surface area contributed by atoms with E-state index in [9.17, 15) is 19.5 Å². The smallest absolute Gasteiger partial charge is 0.311 e. The summed E-state index contributed by atoms with van der Waals surface area (Å²) in [5.41, 5.74) is 0.563. The summed E-state index contributed by atoms with van der Waals surface area (Å²) in [6.07, 6.45) is 10.5. The van der Waals surface area contributed by atoms with E-state index in [1.165, 1.54) is 16.7 Å². The molecule has 4 aliphatic heterocycles. The molecular formula is C26H29ClN2O5S. The number of β-amino-alcohol motifs (C(OH)–C–C–N with tert-alkyl or cyclic N) is 1. The first-order valence-corrected chi connectivity index (χ1v) is 13.2. The van der Waals surface area contributed by atoms with Crippen LogP contribution < -0.4 is 4.90 Å². The van der Waals surface area contributed by atoms with E-state index in [2.05, 4.69) is 6.08 Å². The van der Waals surface area contributed by atoms with Gasteiger partial charge in [0.2, 0.25) is 5.91 Å². The van der Waals surface area contributed by atoms with Crippen LogP contribution in [-0.2, 0) is 19.1 Å². The molecule has 0 radical (unpaired) electrons. The van der Waals surface area contributed by atoms with Gasteiger partial charge in [-0.2, -0.15) is 0 Å². The summed E-state index contributed by atoms with van der Waals surface area (Å²) < 4.78 is 3.95. The molecule has 0 saturated carbocycles. The van der Waals surface area contributed by atoms with Gasteiger partial charge >= 0.3 is 5.97 Å². The number of benzene rings is 1. The third-order valence-corrected chi connectivity index (χ3v) is 9.60. The van der Waals surface area contributed by atoms with Crippen molar-refractivity contribution >= 4 is 46.8 Å². The van der Waals surface area contributed by atoms with Gasteiger partial charge in [-0.05, 0) is 38.3 Å². The number of fused-ring (bicyclic) bond motifs is 2. The summed E-state index contributed by atoms with van der Waals surface area (Å²) in [5.74, 6) is -2.50. The topological polar surface area (TPSA) is 87.1 Å². The number of carbonyl (C=O) groups is 3. The molecule has 5 rings (SSSR count). The highest BCUT2D eigenvalue weighted by Gasteiger charge is 2.73. The Kier molecular flexibility index (Phi) is 6.48. The van der Waals surface area contributed by atoms with Crippen molar-refractivity contribution in [3.05, 3.63) is 53.6 Å². The molecular weight excluding hydrogens is 488 g/mol. The Labute approximate surface area is 214 Å². The maximum atomic E-state index is 14.2. The van der Waals surface area contributed by atoms with Gasteiger partial charge in [0.1, 0.15) is 6.04 Å². The molecule has 7 nitrogen and oxygen atoms in total. The van der Waals surface area contributed by atoms with Crippen molar-refractivity contribution in [2.75, 3.05) is 31.2 Å². The van der Waals surface area contributed by atoms with Gasteiger partial charge in [0.25, 0.3) is 5.91 Å². The van der Waals surface area contributed by atoms with Gasteiger partial charge in [0.05, 0.1) is 40.5 Å². The summed E-state index contributed by atoms with van der Waals surface area (Å²) in [4.78, 5) is 44.6. The zero-order valence-electron chi connectivity index (χ0n) is 19.6. The predicted molar refractivity (Wildman–Crippen MR) is 135 cm³/mol. The minimum absolute atomic E-state index is 0.00652. The molecule has 1 spiro atoms. The number of rotatable bonds is 3. The second-order valence-corrected chi connectivity index (χ2v) is 11.8. The van der Waals surface area contributed by atoms with Crippen molar-refractivity contribution in [1.82, 2.24) is 4.90 Å². The van der Waals surface area contributed by atoms with Crippen molar-refractivity contribution in [3.8, 4) is 0 Å². The van der Waals surface area contributed by atoms with E-state index in [4.69, 9.17) is 16.3 Å². The van der Waals surface area contributed by atoms with Crippen LogP contribution in [-0.4, -0.2) is 69.6 Å². The van der Waals surface area contributed by atoms with Crippen molar-refractivity contribution in [2.24, 2.45) is 11.8 Å². The number of hydrogen-bond donors (Lipinski definition) is 1. The van der Waals surface area contributed by atoms with Crippen LogP contribution in [0.3, 0.4) is 0 Å². The van der Waals surface area contributed by atoms with E-state index in [1.807, 2.05) is 31.2 Å². The molecule has 4 heterocycles. The Bertz CT molecular complexity index is 1110. The van der Waals surface area contributed by atoms with E-state index >= 15 is 0 Å². The molecule has 1 unspecified atom stereocenters. The summed E-state index contributed by atoms with van der Waals surface area (Å²) in [5, 5.41) is 10.2. The Hall–Kier alpha value is -2.29. The first-order chi connectivity index (χ1) is 16.8. The largest absolute Gasteiger partial charge is 0.465 e. The van der Waals surface area contributed by atoms with Gasteiger partial charge in [-0.1, -0.05) is 48.0 Å². The monoisotopic (exact) mass is 516 g/mol. The van der Waals surface area contributed by atoms with Crippen LogP contribution in [0.25, 0.3) is 0 Å². The first-order valence-electron chi connectivity index (χ1n) is 12.0. The molecule has 5 atom stereocenters. The number of hydrogen-bond acceptors (Lipinski definition) is 6. The van der Waals surface area contributed by atoms with Crippen LogP contribution in [0.15, 0.2) is 48.6 Å². The number of para-hydroxylation sites is 1. The third-order valence-electron chi connectivity index (χ3n) is 7.48. The van der Waals surface area contributed by atoms with E-state index in [0.29, 0.717) is 17.3 Å². The number of nitrogens with zero attached hydrogens (tertiary/aromatic N) is 2. The number of allylic oxidation sites excluding steroid dienone is 1. The van der Waals surface area contributed by atoms with Crippen LogP contribution in [0, 0.1) is 11.8 Å². The standard InChI is InChI=1S/C26H29ClN2O5S/c1-25-11-6-2-3-7-16-34-24(33)20(25)19-22(31)29(14-15-30)21-23(32)28(13-8-12-26(19,21)35-25)18-10-5-4-9-17(18)27/h4-6,8-12,19-21,30H,2-3,7,13-16H2,1H3/b11-6-/t19-,20+,21?,25-,26-/m0/s1. The number of halogens is 1. The number of aliphatic hydroxyl groups is 1. The lowest BCUT2D eigenvalue weighted by Crippen LogP contribution is -2.54. The molecule has 1 aromatic carbocycles. The van der Waals surface area contributed by atoms with E-state index in [-0.39, 0.29) is 31.5 Å². The lowest BCUT2D eigenvalue weighted by molar-refractivity contribution is -0.154. The van der Waals surface area contributed by atoms with E-state index < -0.39 is 33.3 Å². The fourth-order valence-corrected chi connectivity index (χ4v) is 8.42. The molecule has 4 aliphatic rings. The number of anilines is 1. The van der Waals surface area contributed by atoms with Gasteiger partial charge < -0.3 is 19.6 Å². The molecule has 35 heavy (non-hydrogen) atoms. The minimum Gasteiger partial charge on any atom is -0.465 e. The molecule has 0 aliphatic carbocycles. The fourth-order valence-electron chi connectivity index (χ4n) is 6.03. The van der Waals surface area contributed by atoms with Crippen molar-refractivity contribution < 1.29 is 24.2 Å². The average molecular weight is 517 g/mol. The second-order valence-electron chi connectivity index (χ2n) is 9.62. The SMILES string of the molecule is C[C@]12/C=C\CCCCOC(=O)[C@H]1[C@H]1C(=O)N(CCO)C3C(=O)N(c4ccccc4Cl)CC=C[C@@]31S2. The number of likely N-dealkylation sites (tertiary alicyclic amines) is 1. The molecule has 2 amide bonds. The molecule has 1 N–H and O–H groups in total. The predicted octanol–water partition coefficient (Wildman–Crippen LogP) is 3.21. The Balaban J connectivity index is 1.65. The lowest BCUT2D eigenvalue weighted by atomic mass is 9.74. The molecule has 186 valence electrons. The molecule has 1 aromatic rings. The number of esters is 1. The molecule has 2 saturated heterocycles. The summed E-state index contributed by atoms with van der Waals surface area (Å²) in [7, 11) is 0.